The Morgan fingerprint density at radius 1 is 1.20 bits per heavy atom. The van der Waals surface area contributed by atoms with Gasteiger partial charge in [0.25, 0.3) is 0 Å². The first-order valence-electron chi connectivity index (χ1n) is 3.19. The zero-order valence-electron chi connectivity index (χ0n) is 5.62. The van der Waals surface area contributed by atoms with Gasteiger partial charge in [-0.25, -0.2) is 0 Å². The van der Waals surface area contributed by atoms with E-state index in [0.717, 1.165) is 11.5 Å². The van der Waals surface area contributed by atoms with Gasteiger partial charge in [0.05, 0.1) is 0 Å². The fraction of sp³-hybridized carbons (Fsp3) is 0.250. The third kappa shape index (κ3) is 2.67. The molecule has 0 heterocycles. The van der Waals surface area contributed by atoms with E-state index in [1.165, 1.54) is 4.90 Å². The van der Waals surface area contributed by atoms with Crippen molar-refractivity contribution in [3.63, 3.8) is 0 Å². The van der Waals surface area contributed by atoms with E-state index in [2.05, 4.69) is 12.1 Å². The molecule has 10 heavy (non-hydrogen) atoms. The zero-order chi connectivity index (χ0) is 7.23. The number of hydrogen-bond donors (Lipinski definition) is 0. The van der Waals surface area contributed by atoms with Crippen LogP contribution >= 0.6 is 24.4 Å². The Morgan fingerprint density at radius 3 is 2.50 bits per heavy atom. The summed E-state index contributed by atoms with van der Waals surface area (Å²) < 4.78 is 0. The van der Waals surface area contributed by atoms with Crippen molar-refractivity contribution >= 4 is 24.4 Å². The fourth-order valence-corrected chi connectivity index (χ4v) is 1.59. The Labute approximate surface area is 71.4 Å². The van der Waals surface area contributed by atoms with Gasteiger partial charge >= 0.3 is 0 Å². The van der Waals surface area contributed by atoms with Gasteiger partial charge in [-0.15, -0.1) is 11.8 Å². The van der Waals surface area contributed by atoms with Gasteiger partial charge in [-0.05, 0) is 12.1 Å². The van der Waals surface area contributed by atoms with Crippen molar-refractivity contribution in [3.05, 3.63) is 30.3 Å². The first-order valence-corrected chi connectivity index (χ1v) is 4.76. The Morgan fingerprint density at radius 2 is 1.90 bits per heavy atom. The smallest absolute Gasteiger partial charge is 0.0131 e. The molecule has 0 unspecified atom stereocenters. The van der Waals surface area contributed by atoms with E-state index in [1.807, 2.05) is 30.0 Å². The largest absolute Gasteiger partial charge is 0.125 e. The predicted octanol–water partition coefficient (Wildman–Crippen LogP) is 2.98. The van der Waals surface area contributed by atoms with Crippen molar-refractivity contribution in [3.8, 4) is 0 Å². The molecule has 0 saturated heterocycles. The van der Waals surface area contributed by atoms with E-state index in [9.17, 15) is 0 Å². The second kappa shape index (κ2) is 4.69. The minimum atomic E-state index is 0.833. The SMILES string of the molecule is [S]CCSc1ccccc1. The van der Waals surface area contributed by atoms with E-state index < -0.39 is 0 Å². The lowest BCUT2D eigenvalue weighted by molar-refractivity contribution is 1.44. The topological polar surface area (TPSA) is 0 Å². The second-order valence-electron chi connectivity index (χ2n) is 1.87. The maximum atomic E-state index is 4.83. The van der Waals surface area contributed by atoms with Crippen LogP contribution in [0.25, 0.3) is 0 Å². The molecule has 1 radical (unpaired) electrons. The number of hydrogen-bond acceptors (Lipinski definition) is 1. The van der Waals surface area contributed by atoms with Crippen molar-refractivity contribution in [2.75, 3.05) is 11.5 Å². The molecule has 0 atom stereocenters. The molecule has 0 amide bonds. The molecule has 1 rings (SSSR count). The highest BCUT2D eigenvalue weighted by Gasteiger charge is 1.88. The summed E-state index contributed by atoms with van der Waals surface area (Å²) in [5, 5.41) is 0. The summed E-state index contributed by atoms with van der Waals surface area (Å²) in [6.45, 7) is 0. The minimum Gasteiger partial charge on any atom is -0.125 e. The molecule has 0 nitrogen and oxygen atoms in total. The van der Waals surface area contributed by atoms with Gasteiger partial charge in [0.15, 0.2) is 0 Å². The Kier molecular flexibility index (Phi) is 3.76. The summed E-state index contributed by atoms with van der Waals surface area (Å²) >= 11 is 6.65. The van der Waals surface area contributed by atoms with E-state index in [0.29, 0.717) is 0 Å². The lowest BCUT2D eigenvalue weighted by atomic mass is 10.4. The zero-order valence-corrected chi connectivity index (χ0v) is 7.25. The van der Waals surface area contributed by atoms with Crippen LogP contribution in [-0.2, 0) is 0 Å². The van der Waals surface area contributed by atoms with Crippen LogP contribution in [0.5, 0.6) is 0 Å². The van der Waals surface area contributed by atoms with E-state index in [-0.39, 0.29) is 0 Å². The number of rotatable bonds is 3. The highest BCUT2D eigenvalue weighted by atomic mass is 32.2. The molecule has 0 aliphatic heterocycles. The molecule has 0 fully saturated rings. The van der Waals surface area contributed by atoms with Gasteiger partial charge < -0.3 is 0 Å². The average molecular weight is 169 g/mol. The third-order valence-electron chi connectivity index (χ3n) is 1.10. The first-order chi connectivity index (χ1) is 4.93. The van der Waals surface area contributed by atoms with Gasteiger partial charge in [0.2, 0.25) is 0 Å². The second-order valence-corrected chi connectivity index (χ2v) is 3.44. The monoisotopic (exact) mass is 169 g/mol. The highest BCUT2D eigenvalue weighted by molar-refractivity contribution is 8.00. The van der Waals surface area contributed by atoms with Gasteiger partial charge in [0.1, 0.15) is 0 Å². The van der Waals surface area contributed by atoms with Gasteiger partial charge in [0, 0.05) is 16.4 Å². The Hall–Kier alpha value is -0.0800. The van der Waals surface area contributed by atoms with E-state index >= 15 is 0 Å². The molecule has 0 bridgehead atoms. The first kappa shape index (κ1) is 8.02. The Bertz CT molecular complexity index is 172. The van der Waals surface area contributed by atoms with Crippen LogP contribution in [0.15, 0.2) is 35.2 Å². The highest BCUT2D eigenvalue weighted by Crippen LogP contribution is 2.16. The fourth-order valence-electron chi connectivity index (χ4n) is 0.676. The Balaban J connectivity index is 2.43. The van der Waals surface area contributed by atoms with Crippen molar-refractivity contribution in [1.82, 2.24) is 0 Å². The molecule has 0 aliphatic carbocycles. The molecule has 0 spiro atoms. The number of benzene rings is 1. The van der Waals surface area contributed by atoms with Gasteiger partial charge in [-0.2, -0.15) is 0 Å². The van der Waals surface area contributed by atoms with E-state index in [4.69, 9.17) is 12.6 Å². The lowest BCUT2D eigenvalue weighted by Gasteiger charge is -1.95. The maximum Gasteiger partial charge on any atom is 0.0131 e. The normalized spacial score (nSPS) is 9.70. The third-order valence-corrected chi connectivity index (χ3v) is 2.57. The van der Waals surface area contributed by atoms with E-state index in [1.54, 1.807) is 0 Å². The van der Waals surface area contributed by atoms with Gasteiger partial charge in [-0.3, -0.25) is 0 Å². The predicted molar refractivity (Wildman–Crippen MR) is 49.6 cm³/mol. The summed E-state index contributed by atoms with van der Waals surface area (Å²) in [6, 6.07) is 10.3. The molecule has 0 saturated carbocycles. The van der Waals surface area contributed by atoms with Crippen molar-refractivity contribution in [2.45, 2.75) is 4.90 Å². The standard InChI is InChI=1S/C8H9S2/c9-6-7-10-8-4-2-1-3-5-8/h1-5H,6-7H2. The van der Waals surface area contributed by atoms with Crippen LogP contribution in [0.3, 0.4) is 0 Å². The minimum absolute atomic E-state index is 0.833. The van der Waals surface area contributed by atoms with Crippen LogP contribution in [0.1, 0.15) is 0 Å². The van der Waals surface area contributed by atoms with Crippen molar-refractivity contribution in [2.24, 2.45) is 0 Å². The van der Waals surface area contributed by atoms with Crippen LogP contribution in [0.2, 0.25) is 0 Å². The summed E-state index contributed by atoms with van der Waals surface area (Å²) in [4.78, 5) is 1.31. The lowest BCUT2D eigenvalue weighted by Crippen LogP contribution is -1.77. The quantitative estimate of drug-likeness (QED) is 0.627. The summed E-state index contributed by atoms with van der Waals surface area (Å²) in [5.74, 6) is 1.87. The maximum absolute atomic E-state index is 4.83. The van der Waals surface area contributed by atoms with Crippen LogP contribution in [0.4, 0.5) is 0 Å². The van der Waals surface area contributed by atoms with Gasteiger partial charge in [-0.1, -0.05) is 30.8 Å². The van der Waals surface area contributed by atoms with Crippen molar-refractivity contribution < 1.29 is 0 Å². The molecule has 0 aromatic heterocycles. The summed E-state index contributed by atoms with van der Waals surface area (Å²) in [7, 11) is 0. The molecular weight excluding hydrogens is 160 g/mol. The average Bonchev–Trinajstić information content (AvgIpc) is 2.03. The molecular formula is C8H9S2. The molecule has 1 aromatic carbocycles. The van der Waals surface area contributed by atoms with Crippen LogP contribution < -0.4 is 0 Å². The summed E-state index contributed by atoms with van der Waals surface area (Å²) in [5.41, 5.74) is 0. The molecule has 1 aromatic rings. The van der Waals surface area contributed by atoms with Crippen LogP contribution in [0, 0.1) is 0 Å². The molecule has 53 valence electrons. The molecule has 0 N–H and O–H groups in total. The van der Waals surface area contributed by atoms with Crippen LogP contribution in [-0.4, -0.2) is 11.5 Å². The number of thioether (sulfide) groups is 1. The molecule has 0 aliphatic rings. The van der Waals surface area contributed by atoms with Crippen molar-refractivity contribution in [1.29, 1.82) is 0 Å². The molecule has 2 heteroatoms. The summed E-state index contributed by atoms with van der Waals surface area (Å²) in [6.07, 6.45) is 0.